The van der Waals surface area contributed by atoms with Crippen LogP contribution in [0.1, 0.15) is 17.0 Å². The van der Waals surface area contributed by atoms with Gasteiger partial charge in [-0.3, -0.25) is 4.79 Å². The Morgan fingerprint density at radius 1 is 1.33 bits per heavy atom. The highest BCUT2D eigenvalue weighted by Crippen LogP contribution is 2.24. The summed E-state index contributed by atoms with van der Waals surface area (Å²) in [5.41, 5.74) is 3.70. The lowest BCUT2D eigenvalue weighted by molar-refractivity contribution is -0.136. The van der Waals surface area contributed by atoms with Crippen LogP contribution in [0.15, 0.2) is 24.3 Å². The largest absolute Gasteiger partial charge is 0.481 e. The summed E-state index contributed by atoms with van der Waals surface area (Å²) < 4.78 is 1.95. The zero-order valence-electron chi connectivity index (χ0n) is 10.8. The standard InChI is InChI=1S/C14H16N2O2/c1-9-6-4-5-7-11(9)14-15-12(8-13(17)18)10(2)16(14)3/h4-7H,8H2,1-3H3,(H,17,18). The van der Waals surface area contributed by atoms with Crippen LogP contribution in [0.3, 0.4) is 0 Å². The minimum Gasteiger partial charge on any atom is -0.481 e. The van der Waals surface area contributed by atoms with Gasteiger partial charge in [0.1, 0.15) is 5.82 Å². The summed E-state index contributed by atoms with van der Waals surface area (Å²) >= 11 is 0. The van der Waals surface area contributed by atoms with E-state index in [2.05, 4.69) is 4.98 Å². The lowest BCUT2D eigenvalue weighted by atomic mass is 10.1. The van der Waals surface area contributed by atoms with Gasteiger partial charge in [-0.2, -0.15) is 0 Å². The summed E-state index contributed by atoms with van der Waals surface area (Å²) in [6.07, 6.45) is -0.0362. The molecule has 0 aliphatic heterocycles. The van der Waals surface area contributed by atoms with E-state index in [1.165, 1.54) is 0 Å². The van der Waals surface area contributed by atoms with Crippen LogP contribution < -0.4 is 0 Å². The molecule has 0 spiro atoms. The predicted octanol–water partition coefficient (Wildman–Crippen LogP) is 2.33. The second-order valence-corrected chi connectivity index (χ2v) is 4.41. The van der Waals surface area contributed by atoms with Crippen LogP contribution in [0.25, 0.3) is 11.4 Å². The maximum atomic E-state index is 10.8. The Bertz CT molecular complexity index is 600. The monoisotopic (exact) mass is 244 g/mol. The molecule has 0 saturated heterocycles. The Labute approximate surface area is 106 Å². The predicted molar refractivity (Wildman–Crippen MR) is 69.5 cm³/mol. The molecule has 0 amide bonds. The second-order valence-electron chi connectivity index (χ2n) is 4.41. The summed E-state index contributed by atoms with van der Waals surface area (Å²) in [7, 11) is 1.91. The Hall–Kier alpha value is -2.10. The SMILES string of the molecule is Cc1ccccc1-c1nc(CC(=O)O)c(C)n1C. The van der Waals surface area contributed by atoms with E-state index in [0.717, 1.165) is 22.6 Å². The number of benzene rings is 1. The number of aryl methyl sites for hydroxylation is 1. The van der Waals surface area contributed by atoms with E-state index in [4.69, 9.17) is 5.11 Å². The van der Waals surface area contributed by atoms with Crippen LogP contribution in [0.5, 0.6) is 0 Å². The molecule has 2 rings (SSSR count). The van der Waals surface area contributed by atoms with Crippen molar-refractivity contribution < 1.29 is 9.90 Å². The van der Waals surface area contributed by atoms with Crippen molar-refractivity contribution in [3.8, 4) is 11.4 Å². The molecule has 0 radical (unpaired) electrons. The molecule has 1 N–H and O–H groups in total. The minimum absolute atomic E-state index is 0.0362. The van der Waals surface area contributed by atoms with Crippen LogP contribution >= 0.6 is 0 Å². The molecular formula is C14H16N2O2. The van der Waals surface area contributed by atoms with Crippen molar-refractivity contribution >= 4 is 5.97 Å². The molecule has 0 fully saturated rings. The van der Waals surface area contributed by atoms with E-state index < -0.39 is 5.97 Å². The number of rotatable bonds is 3. The zero-order valence-corrected chi connectivity index (χ0v) is 10.8. The molecule has 2 aromatic rings. The molecule has 0 aliphatic rings. The number of carboxylic acids is 1. The first kappa shape index (κ1) is 12.4. The summed E-state index contributed by atoms with van der Waals surface area (Å²) in [6.45, 7) is 3.92. The first-order valence-electron chi connectivity index (χ1n) is 5.80. The summed E-state index contributed by atoms with van der Waals surface area (Å²) in [4.78, 5) is 15.3. The van der Waals surface area contributed by atoms with Crippen molar-refractivity contribution in [3.05, 3.63) is 41.2 Å². The van der Waals surface area contributed by atoms with E-state index in [1.54, 1.807) is 0 Å². The molecule has 94 valence electrons. The molecule has 0 aliphatic carbocycles. The van der Waals surface area contributed by atoms with E-state index in [0.29, 0.717) is 5.69 Å². The normalized spacial score (nSPS) is 10.6. The van der Waals surface area contributed by atoms with Crippen molar-refractivity contribution in [1.82, 2.24) is 9.55 Å². The average Bonchev–Trinajstić information content (AvgIpc) is 2.58. The zero-order chi connectivity index (χ0) is 13.3. The lowest BCUT2D eigenvalue weighted by Gasteiger charge is -2.05. The third-order valence-electron chi connectivity index (χ3n) is 3.18. The Morgan fingerprint density at radius 3 is 2.61 bits per heavy atom. The van der Waals surface area contributed by atoms with Gasteiger partial charge in [0.25, 0.3) is 0 Å². The molecule has 0 unspecified atom stereocenters. The van der Waals surface area contributed by atoms with Crippen LogP contribution in [-0.4, -0.2) is 20.6 Å². The quantitative estimate of drug-likeness (QED) is 0.901. The number of carbonyl (C=O) groups is 1. The topological polar surface area (TPSA) is 55.1 Å². The number of hydrogen-bond acceptors (Lipinski definition) is 2. The van der Waals surface area contributed by atoms with Crippen LogP contribution in [0.4, 0.5) is 0 Å². The number of carboxylic acid groups (broad SMARTS) is 1. The van der Waals surface area contributed by atoms with Crippen molar-refractivity contribution in [3.63, 3.8) is 0 Å². The fraction of sp³-hybridized carbons (Fsp3) is 0.286. The summed E-state index contributed by atoms with van der Waals surface area (Å²) in [5.74, 6) is -0.0330. The summed E-state index contributed by atoms with van der Waals surface area (Å²) in [6, 6.07) is 7.97. The van der Waals surface area contributed by atoms with E-state index in [-0.39, 0.29) is 6.42 Å². The highest BCUT2D eigenvalue weighted by molar-refractivity contribution is 5.71. The van der Waals surface area contributed by atoms with Gasteiger partial charge in [0.15, 0.2) is 0 Å². The highest BCUT2D eigenvalue weighted by Gasteiger charge is 2.15. The maximum Gasteiger partial charge on any atom is 0.309 e. The van der Waals surface area contributed by atoms with Gasteiger partial charge in [-0.15, -0.1) is 0 Å². The third-order valence-corrected chi connectivity index (χ3v) is 3.18. The van der Waals surface area contributed by atoms with Gasteiger partial charge >= 0.3 is 5.97 Å². The number of imidazole rings is 1. The van der Waals surface area contributed by atoms with Crippen LogP contribution in [0.2, 0.25) is 0 Å². The van der Waals surface area contributed by atoms with Crippen LogP contribution in [0, 0.1) is 13.8 Å². The number of hydrogen-bond donors (Lipinski definition) is 1. The molecule has 1 aromatic carbocycles. The Morgan fingerprint density at radius 2 is 2.00 bits per heavy atom. The van der Waals surface area contributed by atoms with Gasteiger partial charge in [0.05, 0.1) is 12.1 Å². The van der Waals surface area contributed by atoms with E-state index in [9.17, 15) is 4.79 Å². The fourth-order valence-corrected chi connectivity index (χ4v) is 2.01. The van der Waals surface area contributed by atoms with E-state index in [1.807, 2.05) is 49.7 Å². The number of aliphatic carboxylic acids is 1. The van der Waals surface area contributed by atoms with Crippen molar-refractivity contribution in [1.29, 1.82) is 0 Å². The number of aromatic nitrogens is 2. The van der Waals surface area contributed by atoms with Gasteiger partial charge in [0.2, 0.25) is 0 Å². The second kappa shape index (κ2) is 4.64. The highest BCUT2D eigenvalue weighted by atomic mass is 16.4. The summed E-state index contributed by atoms with van der Waals surface area (Å²) in [5, 5.41) is 8.87. The molecular weight excluding hydrogens is 228 g/mol. The third kappa shape index (κ3) is 2.14. The average molecular weight is 244 g/mol. The molecule has 4 heteroatoms. The molecule has 0 bridgehead atoms. The van der Waals surface area contributed by atoms with Gasteiger partial charge < -0.3 is 9.67 Å². The van der Waals surface area contributed by atoms with Gasteiger partial charge in [0, 0.05) is 18.3 Å². The van der Waals surface area contributed by atoms with Crippen LogP contribution in [-0.2, 0) is 18.3 Å². The Kier molecular flexibility index (Phi) is 3.19. The first-order chi connectivity index (χ1) is 8.50. The van der Waals surface area contributed by atoms with Gasteiger partial charge in [-0.1, -0.05) is 24.3 Å². The Balaban J connectivity index is 2.53. The van der Waals surface area contributed by atoms with Crippen molar-refractivity contribution in [2.75, 3.05) is 0 Å². The van der Waals surface area contributed by atoms with Crippen molar-refractivity contribution in [2.45, 2.75) is 20.3 Å². The first-order valence-corrected chi connectivity index (χ1v) is 5.80. The smallest absolute Gasteiger partial charge is 0.309 e. The van der Waals surface area contributed by atoms with Crippen molar-refractivity contribution in [2.24, 2.45) is 7.05 Å². The minimum atomic E-state index is -0.854. The van der Waals surface area contributed by atoms with Gasteiger partial charge in [-0.25, -0.2) is 4.98 Å². The molecule has 1 heterocycles. The number of nitrogens with zero attached hydrogens (tertiary/aromatic N) is 2. The van der Waals surface area contributed by atoms with Gasteiger partial charge in [-0.05, 0) is 19.4 Å². The molecule has 0 saturated carbocycles. The molecule has 0 atom stereocenters. The molecule has 1 aromatic heterocycles. The molecule has 4 nitrogen and oxygen atoms in total. The maximum absolute atomic E-state index is 10.8. The van der Waals surface area contributed by atoms with E-state index >= 15 is 0 Å². The molecule has 18 heavy (non-hydrogen) atoms. The lowest BCUT2D eigenvalue weighted by Crippen LogP contribution is -2.02. The fourth-order valence-electron chi connectivity index (χ4n) is 2.01.